The van der Waals surface area contributed by atoms with Gasteiger partial charge >= 0.3 is 11.9 Å². The Morgan fingerprint density at radius 2 is 1.14 bits per heavy atom. The standard InChI is InChI=1S/C28H30N2O6/c1-3-9-23(31)35-17-7-15-29-21-13-14-22(30-16-8-18-36-24(32)10-4-2)26-25(21)27(33)19-11-5-6-12-20(19)28(26)34/h3-6,9-14,29-30H,7-8,15-18H2,1-2H3. The molecule has 36 heavy (non-hydrogen) atoms. The predicted octanol–water partition coefficient (Wildman–Crippen LogP) is 4.30. The van der Waals surface area contributed by atoms with Gasteiger partial charge in [0, 0.05) is 47.7 Å². The van der Waals surface area contributed by atoms with Crippen LogP contribution < -0.4 is 10.6 Å². The van der Waals surface area contributed by atoms with Crippen LogP contribution in [0.15, 0.2) is 60.7 Å². The molecule has 2 aromatic rings. The number of hydrogen-bond donors (Lipinski definition) is 2. The van der Waals surface area contributed by atoms with Crippen molar-refractivity contribution in [1.82, 2.24) is 0 Å². The fourth-order valence-electron chi connectivity index (χ4n) is 3.82. The van der Waals surface area contributed by atoms with Gasteiger partial charge in [0.1, 0.15) is 0 Å². The second-order valence-electron chi connectivity index (χ2n) is 8.01. The Morgan fingerprint density at radius 1 is 0.722 bits per heavy atom. The number of ketones is 2. The highest BCUT2D eigenvalue weighted by atomic mass is 16.5. The minimum Gasteiger partial charge on any atom is -0.462 e. The summed E-state index contributed by atoms with van der Waals surface area (Å²) in [5.74, 6) is -1.27. The number of rotatable bonds is 12. The normalized spacial score (nSPS) is 12.4. The molecule has 0 atom stereocenters. The molecule has 2 N–H and O–H groups in total. The quantitative estimate of drug-likeness (QED) is 0.220. The van der Waals surface area contributed by atoms with Gasteiger partial charge in [-0.25, -0.2) is 9.59 Å². The van der Waals surface area contributed by atoms with Crippen LogP contribution in [-0.4, -0.2) is 49.8 Å². The van der Waals surface area contributed by atoms with Crippen molar-refractivity contribution < 1.29 is 28.7 Å². The number of benzene rings is 2. The lowest BCUT2D eigenvalue weighted by molar-refractivity contribution is -0.138. The number of allylic oxidation sites excluding steroid dienone is 2. The van der Waals surface area contributed by atoms with E-state index in [1.807, 2.05) is 0 Å². The number of fused-ring (bicyclic) bond motifs is 2. The Morgan fingerprint density at radius 3 is 1.53 bits per heavy atom. The summed E-state index contributed by atoms with van der Waals surface area (Å²) in [6, 6.07) is 10.3. The van der Waals surface area contributed by atoms with E-state index in [0.29, 0.717) is 59.6 Å². The first kappa shape index (κ1) is 26.4. The van der Waals surface area contributed by atoms with Gasteiger partial charge in [0.2, 0.25) is 0 Å². The Labute approximate surface area is 210 Å². The molecule has 0 amide bonds. The summed E-state index contributed by atoms with van der Waals surface area (Å²) in [5.41, 5.74) is 2.45. The molecular formula is C28H30N2O6. The molecule has 0 bridgehead atoms. The zero-order chi connectivity index (χ0) is 25.9. The lowest BCUT2D eigenvalue weighted by atomic mass is 9.82. The maximum absolute atomic E-state index is 13.4. The third kappa shape index (κ3) is 6.47. The second kappa shape index (κ2) is 13.0. The van der Waals surface area contributed by atoms with E-state index in [1.165, 1.54) is 12.2 Å². The summed E-state index contributed by atoms with van der Waals surface area (Å²) >= 11 is 0. The minimum absolute atomic E-state index is 0.229. The average molecular weight is 491 g/mol. The Kier molecular flexibility index (Phi) is 9.56. The van der Waals surface area contributed by atoms with Crippen LogP contribution in [0.25, 0.3) is 0 Å². The third-order valence-electron chi connectivity index (χ3n) is 5.44. The molecule has 2 aromatic carbocycles. The number of anilines is 2. The highest BCUT2D eigenvalue weighted by Gasteiger charge is 2.33. The van der Waals surface area contributed by atoms with Gasteiger partial charge in [0.25, 0.3) is 0 Å². The number of carbonyl (C=O) groups excluding carboxylic acids is 4. The summed E-state index contributed by atoms with van der Waals surface area (Å²) in [6.45, 7) is 4.83. The zero-order valence-corrected chi connectivity index (χ0v) is 20.5. The Balaban J connectivity index is 1.75. The van der Waals surface area contributed by atoms with Gasteiger partial charge in [-0.2, -0.15) is 0 Å². The maximum Gasteiger partial charge on any atom is 0.330 e. The Hall–Kier alpha value is -4.20. The fraction of sp³-hybridized carbons (Fsp3) is 0.286. The van der Waals surface area contributed by atoms with Crippen molar-refractivity contribution in [2.45, 2.75) is 26.7 Å². The number of nitrogens with one attached hydrogen (secondary N) is 2. The van der Waals surface area contributed by atoms with Crippen LogP contribution in [0.3, 0.4) is 0 Å². The van der Waals surface area contributed by atoms with Crippen LogP contribution in [-0.2, 0) is 19.1 Å². The first-order chi connectivity index (χ1) is 17.5. The molecule has 1 aliphatic rings. The SMILES string of the molecule is CC=CC(=O)OCCCNc1ccc(NCCCOC(=O)C=CC)c2c1C(=O)c1ccccc1C2=O. The predicted molar refractivity (Wildman–Crippen MR) is 138 cm³/mol. The number of carbonyl (C=O) groups is 4. The smallest absolute Gasteiger partial charge is 0.330 e. The van der Waals surface area contributed by atoms with Gasteiger partial charge in [-0.15, -0.1) is 0 Å². The molecule has 0 spiro atoms. The van der Waals surface area contributed by atoms with Gasteiger partial charge in [0.15, 0.2) is 11.6 Å². The van der Waals surface area contributed by atoms with Gasteiger partial charge in [-0.05, 0) is 38.8 Å². The highest BCUT2D eigenvalue weighted by molar-refractivity contribution is 6.31. The zero-order valence-electron chi connectivity index (χ0n) is 20.5. The van der Waals surface area contributed by atoms with Crippen molar-refractivity contribution in [3.05, 3.63) is 83.0 Å². The van der Waals surface area contributed by atoms with Crippen LogP contribution >= 0.6 is 0 Å². The maximum atomic E-state index is 13.4. The molecule has 0 unspecified atom stereocenters. The van der Waals surface area contributed by atoms with Gasteiger partial charge in [0.05, 0.1) is 24.3 Å². The summed E-state index contributed by atoms with van der Waals surface area (Å²) in [5, 5.41) is 6.43. The van der Waals surface area contributed by atoms with E-state index < -0.39 is 11.9 Å². The van der Waals surface area contributed by atoms with E-state index in [9.17, 15) is 19.2 Å². The third-order valence-corrected chi connectivity index (χ3v) is 5.44. The fourth-order valence-corrected chi connectivity index (χ4v) is 3.82. The number of esters is 2. The first-order valence-electron chi connectivity index (χ1n) is 11.9. The first-order valence-corrected chi connectivity index (χ1v) is 11.9. The van der Waals surface area contributed by atoms with Crippen LogP contribution in [0.4, 0.5) is 11.4 Å². The van der Waals surface area contributed by atoms with Crippen LogP contribution in [0, 0.1) is 0 Å². The summed E-state index contributed by atoms with van der Waals surface area (Å²) in [7, 11) is 0. The molecule has 0 aliphatic heterocycles. The van der Waals surface area contributed by atoms with Gasteiger partial charge in [-0.3, -0.25) is 9.59 Å². The molecule has 0 saturated carbocycles. The van der Waals surface area contributed by atoms with Crippen molar-refractivity contribution >= 4 is 34.9 Å². The van der Waals surface area contributed by atoms with Crippen LogP contribution in [0.2, 0.25) is 0 Å². The lowest BCUT2D eigenvalue weighted by Crippen LogP contribution is -2.25. The number of hydrogen-bond acceptors (Lipinski definition) is 8. The molecule has 0 fully saturated rings. The number of ether oxygens (including phenoxy) is 2. The topological polar surface area (TPSA) is 111 Å². The molecule has 0 saturated heterocycles. The summed E-state index contributed by atoms with van der Waals surface area (Å²) in [6.07, 6.45) is 6.98. The molecule has 0 radical (unpaired) electrons. The van der Waals surface area contributed by atoms with E-state index in [4.69, 9.17) is 9.47 Å². The second-order valence-corrected chi connectivity index (χ2v) is 8.01. The van der Waals surface area contributed by atoms with Crippen molar-refractivity contribution in [2.75, 3.05) is 36.9 Å². The summed E-state index contributed by atoms with van der Waals surface area (Å²) < 4.78 is 10.2. The highest BCUT2D eigenvalue weighted by Crippen LogP contribution is 2.36. The molecule has 8 heteroatoms. The van der Waals surface area contributed by atoms with Gasteiger partial charge in [-0.1, -0.05) is 36.4 Å². The minimum atomic E-state index is -0.403. The lowest BCUT2D eigenvalue weighted by Gasteiger charge is -2.24. The molecule has 188 valence electrons. The average Bonchev–Trinajstić information content (AvgIpc) is 2.87. The molecule has 0 heterocycles. The van der Waals surface area contributed by atoms with Crippen LogP contribution in [0.1, 0.15) is 58.5 Å². The molecule has 1 aliphatic carbocycles. The largest absolute Gasteiger partial charge is 0.462 e. The van der Waals surface area contributed by atoms with E-state index in [1.54, 1.807) is 62.4 Å². The van der Waals surface area contributed by atoms with Crippen molar-refractivity contribution in [3.63, 3.8) is 0 Å². The van der Waals surface area contributed by atoms with Crippen molar-refractivity contribution in [2.24, 2.45) is 0 Å². The molecular weight excluding hydrogens is 460 g/mol. The van der Waals surface area contributed by atoms with Crippen LogP contribution in [0.5, 0.6) is 0 Å². The molecule has 0 aromatic heterocycles. The van der Waals surface area contributed by atoms with E-state index in [2.05, 4.69) is 10.6 Å². The van der Waals surface area contributed by atoms with E-state index in [0.717, 1.165) is 0 Å². The summed E-state index contributed by atoms with van der Waals surface area (Å²) in [4.78, 5) is 49.7. The monoisotopic (exact) mass is 490 g/mol. The van der Waals surface area contributed by atoms with Gasteiger partial charge < -0.3 is 20.1 Å². The molecule has 8 nitrogen and oxygen atoms in total. The van der Waals surface area contributed by atoms with Crippen molar-refractivity contribution in [3.8, 4) is 0 Å². The van der Waals surface area contributed by atoms with E-state index >= 15 is 0 Å². The molecule has 3 rings (SSSR count). The Bertz CT molecular complexity index is 1110. The van der Waals surface area contributed by atoms with E-state index in [-0.39, 0.29) is 24.8 Å². The van der Waals surface area contributed by atoms with Crippen molar-refractivity contribution in [1.29, 1.82) is 0 Å².